The van der Waals surface area contributed by atoms with E-state index in [1.165, 1.54) is 10.4 Å². The van der Waals surface area contributed by atoms with Crippen LogP contribution in [0.1, 0.15) is 28.4 Å². The van der Waals surface area contributed by atoms with Gasteiger partial charge in [-0.05, 0) is 33.5 Å². The molecule has 2 N–H and O–H groups in total. The van der Waals surface area contributed by atoms with Crippen LogP contribution in [0.3, 0.4) is 0 Å². The third-order valence-electron chi connectivity index (χ3n) is 3.66. The molecule has 0 saturated heterocycles. The predicted molar refractivity (Wildman–Crippen MR) is 118 cm³/mol. The van der Waals surface area contributed by atoms with Crippen molar-refractivity contribution in [2.24, 2.45) is 4.99 Å². The quantitative estimate of drug-likeness (QED) is 0.368. The molecule has 0 fully saturated rings. The van der Waals surface area contributed by atoms with Crippen LogP contribution in [0.2, 0.25) is 0 Å². The second-order valence-electron chi connectivity index (χ2n) is 5.83. The molecule has 0 amide bonds. The van der Waals surface area contributed by atoms with Gasteiger partial charge in [-0.2, -0.15) is 0 Å². The molecule has 0 aliphatic heterocycles. The lowest BCUT2D eigenvalue weighted by molar-refractivity contribution is 0.298. The summed E-state index contributed by atoms with van der Waals surface area (Å²) >= 11 is 1.69. The summed E-state index contributed by atoms with van der Waals surface area (Å²) in [4.78, 5) is 12.4. The summed E-state index contributed by atoms with van der Waals surface area (Å²) in [5, 5.41) is 7.79. The minimum absolute atomic E-state index is 0. The number of aryl methyl sites for hydroxylation is 1. The fourth-order valence-electron chi connectivity index (χ4n) is 2.43. The molecule has 1 unspecified atom stereocenters. The van der Waals surface area contributed by atoms with Crippen molar-refractivity contribution in [3.63, 3.8) is 0 Å². The molecule has 0 bridgehead atoms. The first-order valence-electron chi connectivity index (χ1n) is 8.25. The average Bonchev–Trinajstić information content (AvgIpc) is 2.99. The normalized spacial score (nSPS) is 12.6. The van der Waals surface area contributed by atoms with Crippen molar-refractivity contribution in [3.05, 3.63) is 52.0 Å². The van der Waals surface area contributed by atoms with Gasteiger partial charge in [-0.1, -0.05) is 30.3 Å². The van der Waals surface area contributed by atoms with Crippen LogP contribution in [0.4, 0.5) is 0 Å². The number of likely N-dealkylation sites (N-methyl/N-ethyl adjacent to an activating group) is 1. The molecule has 5 nitrogen and oxygen atoms in total. The first kappa shape index (κ1) is 21.9. The van der Waals surface area contributed by atoms with E-state index in [0.717, 1.165) is 24.1 Å². The Bertz CT molecular complexity index is 642. The summed E-state index contributed by atoms with van der Waals surface area (Å²) in [6.07, 6.45) is 1.90. The van der Waals surface area contributed by atoms with Crippen molar-refractivity contribution in [1.82, 2.24) is 20.5 Å². The maximum absolute atomic E-state index is 4.65. The second-order valence-corrected chi connectivity index (χ2v) is 7.15. The van der Waals surface area contributed by atoms with Crippen LogP contribution in [-0.4, -0.2) is 43.0 Å². The molecule has 0 aliphatic carbocycles. The lowest BCUT2D eigenvalue weighted by Crippen LogP contribution is -2.41. The third-order valence-corrected chi connectivity index (χ3v) is 4.55. The van der Waals surface area contributed by atoms with Gasteiger partial charge in [0.15, 0.2) is 5.96 Å². The van der Waals surface area contributed by atoms with E-state index < -0.39 is 0 Å². The molecule has 138 valence electrons. The highest BCUT2D eigenvalue weighted by atomic mass is 127. The number of guanidine groups is 1. The molecular formula is C18H28IN5S. The van der Waals surface area contributed by atoms with Crippen LogP contribution in [0.5, 0.6) is 0 Å². The number of thiazole rings is 1. The Hall–Kier alpha value is -1.19. The van der Waals surface area contributed by atoms with E-state index in [-0.39, 0.29) is 30.0 Å². The van der Waals surface area contributed by atoms with Gasteiger partial charge in [0.25, 0.3) is 0 Å². The van der Waals surface area contributed by atoms with Crippen molar-refractivity contribution in [1.29, 1.82) is 0 Å². The SMILES string of the molecule is CCNC(=NCc1ncc(C)s1)NCC(c1ccccc1)N(C)C.I. The Balaban J connectivity index is 0.00000312. The van der Waals surface area contributed by atoms with Crippen LogP contribution < -0.4 is 10.6 Å². The van der Waals surface area contributed by atoms with E-state index in [4.69, 9.17) is 0 Å². The van der Waals surface area contributed by atoms with Gasteiger partial charge < -0.3 is 15.5 Å². The Morgan fingerprint density at radius 2 is 1.96 bits per heavy atom. The lowest BCUT2D eigenvalue weighted by atomic mass is 10.1. The van der Waals surface area contributed by atoms with Crippen LogP contribution >= 0.6 is 35.3 Å². The fourth-order valence-corrected chi connectivity index (χ4v) is 3.14. The topological polar surface area (TPSA) is 52.6 Å². The Morgan fingerprint density at radius 3 is 2.52 bits per heavy atom. The molecule has 25 heavy (non-hydrogen) atoms. The van der Waals surface area contributed by atoms with E-state index in [0.29, 0.717) is 6.54 Å². The first-order valence-corrected chi connectivity index (χ1v) is 9.06. The molecule has 1 heterocycles. The van der Waals surface area contributed by atoms with E-state index in [9.17, 15) is 0 Å². The molecule has 1 atom stereocenters. The molecule has 0 aliphatic rings. The molecule has 2 rings (SSSR count). The number of nitrogens with one attached hydrogen (secondary N) is 2. The van der Waals surface area contributed by atoms with Gasteiger partial charge in [0.05, 0.1) is 12.6 Å². The molecule has 7 heteroatoms. The number of aromatic nitrogens is 1. The van der Waals surface area contributed by atoms with Crippen molar-refractivity contribution in [2.45, 2.75) is 26.4 Å². The highest BCUT2D eigenvalue weighted by Gasteiger charge is 2.14. The summed E-state index contributed by atoms with van der Waals surface area (Å²) in [5.74, 6) is 0.827. The van der Waals surface area contributed by atoms with Gasteiger partial charge >= 0.3 is 0 Å². The Labute approximate surface area is 172 Å². The summed E-state index contributed by atoms with van der Waals surface area (Å²) in [6.45, 7) is 6.37. The van der Waals surface area contributed by atoms with Crippen molar-refractivity contribution in [2.75, 3.05) is 27.2 Å². The van der Waals surface area contributed by atoms with Gasteiger partial charge in [0.1, 0.15) is 5.01 Å². The number of halogens is 1. The lowest BCUT2D eigenvalue weighted by Gasteiger charge is -2.26. The van der Waals surface area contributed by atoms with E-state index in [1.54, 1.807) is 11.3 Å². The first-order chi connectivity index (χ1) is 11.6. The highest BCUT2D eigenvalue weighted by molar-refractivity contribution is 14.0. The minimum atomic E-state index is 0. The standard InChI is InChI=1S/C18H27N5S.HI/c1-5-19-18(22-13-17-20-11-14(2)24-17)21-12-16(23(3)4)15-9-7-6-8-10-15;/h6-11,16H,5,12-13H2,1-4H3,(H2,19,21,22);1H. The molecule has 0 saturated carbocycles. The summed E-state index contributed by atoms with van der Waals surface area (Å²) in [5.41, 5.74) is 1.29. The summed E-state index contributed by atoms with van der Waals surface area (Å²) < 4.78 is 0. The van der Waals surface area contributed by atoms with Crippen molar-refractivity contribution >= 4 is 41.3 Å². The second kappa shape index (κ2) is 11.4. The van der Waals surface area contributed by atoms with Gasteiger partial charge in [0, 0.05) is 24.2 Å². The smallest absolute Gasteiger partial charge is 0.191 e. The van der Waals surface area contributed by atoms with Gasteiger partial charge in [-0.15, -0.1) is 35.3 Å². The summed E-state index contributed by atoms with van der Waals surface area (Å²) in [7, 11) is 4.20. The minimum Gasteiger partial charge on any atom is -0.357 e. The number of hydrogen-bond acceptors (Lipinski definition) is 4. The van der Waals surface area contributed by atoms with Gasteiger partial charge in [-0.3, -0.25) is 0 Å². The monoisotopic (exact) mass is 473 g/mol. The van der Waals surface area contributed by atoms with Crippen LogP contribution in [-0.2, 0) is 6.54 Å². The van der Waals surface area contributed by atoms with Crippen LogP contribution in [0.25, 0.3) is 0 Å². The Morgan fingerprint density at radius 1 is 1.24 bits per heavy atom. The number of rotatable bonds is 7. The zero-order chi connectivity index (χ0) is 17.4. The molecular weight excluding hydrogens is 445 g/mol. The average molecular weight is 473 g/mol. The number of hydrogen-bond donors (Lipinski definition) is 2. The summed E-state index contributed by atoms with van der Waals surface area (Å²) in [6, 6.07) is 10.8. The highest BCUT2D eigenvalue weighted by Crippen LogP contribution is 2.16. The van der Waals surface area contributed by atoms with Gasteiger partial charge in [0.2, 0.25) is 0 Å². The molecule has 1 aromatic heterocycles. The number of nitrogens with zero attached hydrogens (tertiary/aromatic N) is 3. The van der Waals surface area contributed by atoms with Crippen LogP contribution in [0, 0.1) is 6.92 Å². The van der Waals surface area contributed by atoms with Crippen LogP contribution in [0.15, 0.2) is 41.5 Å². The Kier molecular flexibility index (Phi) is 9.99. The fraction of sp³-hybridized carbons (Fsp3) is 0.444. The molecule has 0 spiro atoms. The zero-order valence-corrected chi connectivity index (χ0v) is 18.5. The van der Waals surface area contributed by atoms with E-state index in [2.05, 4.69) is 77.7 Å². The zero-order valence-electron chi connectivity index (χ0n) is 15.3. The maximum atomic E-state index is 4.65. The van der Waals surface area contributed by atoms with Crippen molar-refractivity contribution in [3.8, 4) is 0 Å². The maximum Gasteiger partial charge on any atom is 0.191 e. The number of aliphatic imine (C=N–C) groups is 1. The third kappa shape index (κ3) is 7.29. The molecule has 2 aromatic rings. The van der Waals surface area contributed by atoms with E-state index >= 15 is 0 Å². The largest absolute Gasteiger partial charge is 0.357 e. The number of benzene rings is 1. The predicted octanol–water partition coefficient (Wildman–Crippen LogP) is 3.43. The molecule has 0 radical (unpaired) electrons. The van der Waals surface area contributed by atoms with Crippen molar-refractivity contribution < 1.29 is 0 Å². The molecule has 1 aromatic carbocycles. The van der Waals surface area contributed by atoms with Gasteiger partial charge in [-0.25, -0.2) is 9.98 Å². The van der Waals surface area contributed by atoms with E-state index in [1.807, 2.05) is 12.3 Å².